The van der Waals surface area contributed by atoms with Gasteiger partial charge in [0, 0.05) is 0 Å². The van der Waals surface area contributed by atoms with E-state index < -0.39 is 55.5 Å². The van der Waals surface area contributed by atoms with Crippen LogP contribution in [-0.2, 0) is 14.2 Å². The van der Waals surface area contributed by atoms with Crippen LogP contribution in [0.15, 0.2) is 12.1 Å². The average Bonchev–Trinajstić information content (AvgIpc) is 2.44. The van der Waals surface area contributed by atoms with E-state index in [1.807, 2.05) is 9.47 Å². The van der Waals surface area contributed by atoms with E-state index >= 15 is 0 Å². The van der Waals surface area contributed by atoms with Crippen LogP contribution in [0.4, 0.5) is 57.1 Å². The van der Waals surface area contributed by atoms with E-state index in [4.69, 9.17) is 0 Å². The van der Waals surface area contributed by atoms with Crippen LogP contribution in [-0.4, -0.2) is 43.4 Å². The second-order valence-electron chi connectivity index (χ2n) is 4.27. The first-order valence-electron chi connectivity index (χ1n) is 5.85. The predicted octanol–water partition coefficient (Wildman–Crippen LogP) is 4.75. The average molecular weight is 432 g/mol. The monoisotopic (exact) mass is 432 g/mol. The van der Waals surface area contributed by atoms with Crippen molar-refractivity contribution in [3.05, 3.63) is 12.1 Å². The molecule has 0 saturated heterocycles. The van der Waals surface area contributed by atoms with Crippen LogP contribution >= 0.6 is 0 Å². The van der Waals surface area contributed by atoms with Crippen LogP contribution in [0.5, 0.6) is 0 Å². The second kappa shape index (κ2) is 8.00. The van der Waals surface area contributed by atoms with E-state index in [2.05, 4.69) is 11.2 Å². The highest BCUT2D eigenvalue weighted by Crippen LogP contribution is 2.52. The quantitative estimate of drug-likeness (QED) is 0.228. The van der Waals surface area contributed by atoms with Crippen molar-refractivity contribution < 1.29 is 71.3 Å². The zero-order valence-electron chi connectivity index (χ0n) is 12.1. The van der Waals surface area contributed by atoms with Gasteiger partial charge < -0.3 is 9.47 Å². The van der Waals surface area contributed by atoms with Gasteiger partial charge in [0.15, 0.2) is 0 Å². The van der Waals surface area contributed by atoms with Crippen molar-refractivity contribution in [2.24, 2.45) is 0 Å². The first-order valence-corrected chi connectivity index (χ1v) is 5.85. The zero-order chi connectivity index (χ0) is 21.9. The minimum atomic E-state index is -7.30. The van der Waals surface area contributed by atoms with E-state index in [1.54, 1.807) is 0 Å². The van der Waals surface area contributed by atoms with Gasteiger partial charge in [-0.1, -0.05) is 5.92 Å². The Kier molecular flexibility index (Phi) is 7.44. The largest absolute Gasteiger partial charge is 0.471 e. The Morgan fingerprint density at radius 2 is 1.30 bits per heavy atom. The van der Waals surface area contributed by atoms with Crippen LogP contribution in [0.1, 0.15) is 0 Å². The lowest BCUT2D eigenvalue weighted by Crippen LogP contribution is -2.63. The highest BCUT2D eigenvalue weighted by molar-refractivity contribution is 4.94. The fourth-order valence-electron chi connectivity index (χ4n) is 1.07. The molecular formula is C11H5F13O3. The molecule has 158 valence electrons. The molecule has 27 heavy (non-hydrogen) atoms. The van der Waals surface area contributed by atoms with Crippen LogP contribution in [0, 0.1) is 12.3 Å². The van der Waals surface area contributed by atoms with E-state index in [0.29, 0.717) is 0 Å². The van der Waals surface area contributed by atoms with E-state index in [1.165, 1.54) is 5.92 Å². The summed E-state index contributed by atoms with van der Waals surface area (Å²) in [5.41, 5.74) is 0. The fraction of sp³-hybridized carbons (Fsp3) is 0.636. The van der Waals surface area contributed by atoms with Gasteiger partial charge in [0.2, 0.25) is 0 Å². The molecule has 0 aromatic rings. The van der Waals surface area contributed by atoms with Crippen molar-refractivity contribution >= 4 is 0 Å². The number of hydrogen-bond acceptors (Lipinski definition) is 3. The second-order valence-corrected chi connectivity index (χ2v) is 4.27. The maximum atomic E-state index is 13.6. The summed E-state index contributed by atoms with van der Waals surface area (Å²) in [6.45, 7) is -3.63. The molecule has 0 heterocycles. The molecule has 0 aliphatic heterocycles. The fourth-order valence-corrected chi connectivity index (χ4v) is 1.07. The number of halogens is 13. The molecule has 0 fully saturated rings. The van der Waals surface area contributed by atoms with Crippen molar-refractivity contribution in [3.63, 3.8) is 0 Å². The number of alkyl halides is 10. The Morgan fingerprint density at radius 1 is 0.815 bits per heavy atom. The molecule has 0 rings (SSSR count). The molecule has 0 aliphatic rings. The highest BCUT2D eigenvalue weighted by Gasteiger charge is 2.81. The number of rotatable bonds is 9. The Balaban J connectivity index is 5.97. The number of hydrogen-bond donors (Lipinski definition) is 0. The standard InChI is InChI=1S/C11H5F13O3/c1-2-3-25-4-7(15,16)10(21,22)27-8(17,9(18,19)20)11(23,24)26-6(14)5(12)13/h1H,3-4H2. The summed E-state index contributed by atoms with van der Waals surface area (Å²) in [4.78, 5) is 0. The van der Waals surface area contributed by atoms with Crippen molar-refractivity contribution in [3.8, 4) is 12.3 Å². The van der Waals surface area contributed by atoms with Crippen molar-refractivity contribution in [2.45, 2.75) is 30.2 Å². The van der Waals surface area contributed by atoms with Gasteiger partial charge in [0.05, 0.1) is 0 Å². The van der Waals surface area contributed by atoms with Gasteiger partial charge in [-0.25, -0.2) is 0 Å². The molecule has 3 nitrogen and oxygen atoms in total. The minimum absolute atomic E-state index is 1.10. The molecule has 16 heteroatoms. The summed E-state index contributed by atoms with van der Waals surface area (Å²) >= 11 is 0. The van der Waals surface area contributed by atoms with Crippen LogP contribution < -0.4 is 0 Å². The zero-order valence-corrected chi connectivity index (χ0v) is 12.1. The molecular weight excluding hydrogens is 427 g/mol. The molecule has 0 bridgehead atoms. The minimum Gasteiger partial charge on any atom is -0.398 e. The van der Waals surface area contributed by atoms with Gasteiger partial charge in [-0.3, -0.25) is 4.74 Å². The van der Waals surface area contributed by atoms with Gasteiger partial charge >= 0.3 is 42.3 Å². The molecule has 0 aromatic carbocycles. The third kappa shape index (κ3) is 5.54. The maximum absolute atomic E-state index is 13.6. The molecule has 1 unspecified atom stereocenters. The normalized spacial score (nSPS) is 15.7. The molecule has 0 amide bonds. The molecule has 0 N–H and O–H groups in total. The Labute approximate surface area is 140 Å². The highest BCUT2D eigenvalue weighted by atomic mass is 19.4. The topological polar surface area (TPSA) is 27.7 Å². The molecule has 0 saturated carbocycles. The Hall–Kier alpha value is -1.89. The van der Waals surface area contributed by atoms with Crippen molar-refractivity contribution in [2.75, 3.05) is 13.2 Å². The Morgan fingerprint density at radius 3 is 1.67 bits per heavy atom. The third-order valence-electron chi connectivity index (χ3n) is 2.27. The summed E-state index contributed by atoms with van der Waals surface area (Å²) in [5.74, 6) is -11.6. The maximum Gasteiger partial charge on any atom is 0.471 e. The van der Waals surface area contributed by atoms with Gasteiger partial charge in [0.25, 0.3) is 0 Å². The van der Waals surface area contributed by atoms with Crippen molar-refractivity contribution in [1.82, 2.24) is 0 Å². The first-order chi connectivity index (χ1) is 11.8. The van der Waals surface area contributed by atoms with Crippen LogP contribution in [0.3, 0.4) is 0 Å². The summed E-state index contributed by atoms with van der Waals surface area (Å²) in [7, 11) is 0. The molecule has 0 radical (unpaired) electrons. The van der Waals surface area contributed by atoms with E-state index in [0.717, 1.165) is 0 Å². The summed E-state index contributed by atoms with van der Waals surface area (Å²) in [5, 5.41) is 0. The van der Waals surface area contributed by atoms with Gasteiger partial charge in [-0.2, -0.15) is 57.1 Å². The van der Waals surface area contributed by atoms with Gasteiger partial charge in [-0.15, -0.1) is 6.42 Å². The molecule has 1 atom stereocenters. The summed E-state index contributed by atoms with van der Waals surface area (Å²) in [6, 6.07) is -3.82. The lowest BCUT2D eigenvalue weighted by molar-refractivity contribution is -0.517. The predicted molar refractivity (Wildman–Crippen MR) is 56.9 cm³/mol. The van der Waals surface area contributed by atoms with E-state index in [-0.39, 0.29) is 0 Å². The SMILES string of the molecule is C#CCOCC(F)(F)C(F)(F)OC(F)(C(F)(F)F)C(F)(F)OC(F)=C(F)F. The summed E-state index contributed by atoms with van der Waals surface area (Å²) in [6.07, 6.45) is -20.4. The molecule has 0 aliphatic carbocycles. The first kappa shape index (κ1) is 25.1. The van der Waals surface area contributed by atoms with Crippen LogP contribution in [0.25, 0.3) is 0 Å². The smallest absolute Gasteiger partial charge is 0.398 e. The summed E-state index contributed by atoms with van der Waals surface area (Å²) < 4.78 is 173. The lowest BCUT2D eigenvalue weighted by Gasteiger charge is -2.37. The van der Waals surface area contributed by atoms with Gasteiger partial charge in [-0.05, 0) is 0 Å². The van der Waals surface area contributed by atoms with E-state index in [9.17, 15) is 57.1 Å². The third-order valence-corrected chi connectivity index (χ3v) is 2.27. The van der Waals surface area contributed by atoms with Gasteiger partial charge in [0.1, 0.15) is 13.2 Å². The molecule has 0 spiro atoms. The Bertz CT molecular complexity index is 587. The number of ether oxygens (including phenoxy) is 3. The lowest BCUT2D eigenvalue weighted by atomic mass is 10.2. The van der Waals surface area contributed by atoms with Crippen molar-refractivity contribution in [1.29, 1.82) is 0 Å². The number of terminal acetylenes is 1. The van der Waals surface area contributed by atoms with Crippen LogP contribution in [0.2, 0.25) is 0 Å². The molecule has 0 aromatic heterocycles.